The van der Waals surface area contributed by atoms with Crippen LogP contribution in [0, 0.1) is 0 Å². The molecule has 0 unspecified atom stereocenters. The molecule has 0 bridgehead atoms. The number of rotatable bonds is 4. The number of nitrogens with one attached hydrogen (secondary N) is 1. The second-order valence-electron chi connectivity index (χ2n) is 5.22. The molecule has 0 aliphatic rings. The van der Waals surface area contributed by atoms with E-state index in [0.29, 0.717) is 16.6 Å². The van der Waals surface area contributed by atoms with E-state index in [2.05, 4.69) is 36.0 Å². The van der Waals surface area contributed by atoms with Crippen molar-refractivity contribution in [3.63, 3.8) is 0 Å². The van der Waals surface area contributed by atoms with E-state index < -0.39 is 12.3 Å². The third-order valence-corrected chi connectivity index (χ3v) is 3.95. The number of halogens is 4. The number of aromatic nitrogens is 2. The number of alkyl halides is 3. The molecule has 0 atom stereocenters. The standard InChI is InChI=1S/C17H11BrF3N3O2/c18-13-8-12(26-17(19,20)21)7-10-4-5-14(24-15(10)13)16(25)23-9-11-3-1-2-6-22-11/h1-8H,9H2,(H,23,25). The van der Waals surface area contributed by atoms with E-state index in [1.165, 1.54) is 18.2 Å². The first-order valence-corrected chi connectivity index (χ1v) is 8.15. The predicted molar refractivity (Wildman–Crippen MR) is 91.5 cm³/mol. The third kappa shape index (κ3) is 4.48. The lowest BCUT2D eigenvalue weighted by Crippen LogP contribution is -2.24. The van der Waals surface area contributed by atoms with Crippen LogP contribution in [0.15, 0.2) is 53.1 Å². The normalized spacial score (nSPS) is 11.4. The van der Waals surface area contributed by atoms with Gasteiger partial charge in [-0.25, -0.2) is 4.98 Å². The van der Waals surface area contributed by atoms with Crippen molar-refractivity contribution < 1.29 is 22.7 Å². The maximum atomic E-state index is 12.4. The van der Waals surface area contributed by atoms with E-state index in [0.717, 1.165) is 6.07 Å². The van der Waals surface area contributed by atoms with Gasteiger partial charge >= 0.3 is 6.36 Å². The zero-order valence-electron chi connectivity index (χ0n) is 13.0. The van der Waals surface area contributed by atoms with Crippen LogP contribution >= 0.6 is 15.9 Å². The number of hydrogen-bond acceptors (Lipinski definition) is 4. The van der Waals surface area contributed by atoms with E-state index in [1.54, 1.807) is 24.4 Å². The summed E-state index contributed by atoms with van der Waals surface area (Å²) < 4.78 is 41.3. The van der Waals surface area contributed by atoms with Crippen LogP contribution in [0.1, 0.15) is 16.2 Å². The first-order valence-electron chi connectivity index (χ1n) is 7.36. The molecule has 9 heteroatoms. The monoisotopic (exact) mass is 425 g/mol. The Kier molecular flexibility index (Phi) is 5.08. The van der Waals surface area contributed by atoms with E-state index in [9.17, 15) is 18.0 Å². The Morgan fingerprint density at radius 3 is 2.69 bits per heavy atom. The Bertz CT molecular complexity index is 949. The van der Waals surface area contributed by atoms with Gasteiger partial charge in [0.25, 0.3) is 5.91 Å². The zero-order valence-corrected chi connectivity index (χ0v) is 14.6. The molecule has 0 saturated carbocycles. The molecule has 1 amide bonds. The van der Waals surface area contributed by atoms with Crippen LogP contribution in [0.5, 0.6) is 5.75 Å². The largest absolute Gasteiger partial charge is 0.573 e. The quantitative estimate of drug-likeness (QED) is 0.679. The molecule has 3 rings (SSSR count). The Hall–Kier alpha value is -2.68. The van der Waals surface area contributed by atoms with Gasteiger partial charge in [0.15, 0.2) is 0 Å². The highest BCUT2D eigenvalue weighted by atomic mass is 79.9. The molecule has 0 aliphatic carbocycles. The summed E-state index contributed by atoms with van der Waals surface area (Å²) in [4.78, 5) is 20.5. The molecule has 0 radical (unpaired) electrons. The first kappa shape index (κ1) is 18.1. The third-order valence-electron chi connectivity index (χ3n) is 3.34. The van der Waals surface area contributed by atoms with Crippen molar-refractivity contribution in [1.82, 2.24) is 15.3 Å². The maximum absolute atomic E-state index is 12.4. The number of fused-ring (bicyclic) bond motifs is 1. The van der Waals surface area contributed by atoms with Gasteiger partial charge in [0.2, 0.25) is 0 Å². The second kappa shape index (κ2) is 7.28. The van der Waals surface area contributed by atoms with E-state index in [4.69, 9.17) is 0 Å². The number of nitrogens with zero attached hydrogens (tertiary/aromatic N) is 2. The summed E-state index contributed by atoms with van der Waals surface area (Å²) in [5.41, 5.74) is 1.18. The molecule has 1 N–H and O–H groups in total. The molecule has 134 valence electrons. The van der Waals surface area contributed by atoms with Crippen LogP contribution in [-0.2, 0) is 6.54 Å². The number of carbonyl (C=O) groups excluding carboxylic acids is 1. The van der Waals surface area contributed by atoms with E-state index >= 15 is 0 Å². The summed E-state index contributed by atoms with van der Waals surface area (Å²) >= 11 is 3.16. The molecule has 0 fully saturated rings. The number of benzene rings is 1. The van der Waals surface area contributed by atoms with Crippen LogP contribution in [0.4, 0.5) is 13.2 Å². The fourth-order valence-corrected chi connectivity index (χ4v) is 2.79. The molecule has 0 saturated heterocycles. The van der Waals surface area contributed by atoms with Gasteiger partial charge in [-0.1, -0.05) is 12.1 Å². The van der Waals surface area contributed by atoms with Gasteiger partial charge in [0, 0.05) is 16.1 Å². The number of carbonyl (C=O) groups is 1. The summed E-state index contributed by atoms with van der Waals surface area (Å²) in [5, 5.41) is 3.09. The second-order valence-corrected chi connectivity index (χ2v) is 6.08. The smallest absolute Gasteiger partial charge is 0.406 e. The lowest BCUT2D eigenvalue weighted by atomic mass is 10.2. The van der Waals surface area contributed by atoms with Gasteiger partial charge in [-0.05, 0) is 46.3 Å². The fraction of sp³-hybridized carbons (Fsp3) is 0.118. The van der Waals surface area contributed by atoms with Gasteiger partial charge in [-0.3, -0.25) is 9.78 Å². The summed E-state index contributed by atoms with van der Waals surface area (Å²) in [6.07, 6.45) is -3.17. The van der Waals surface area contributed by atoms with Crippen LogP contribution in [0.25, 0.3) is 10.9 Å². The molecule has 2 aromatic heterocycles. The molecular formula is C17H11BrF3N3O2. The maximum Gasteiger partial charge on any atom is 0.573 e. The zero-order chi connectivity index (χ0) is 18.7. The Labute approximate surface area is 154 Å². The van der Waals surface area contributed by atoms with Gasteiger partial charge in [0.1, 0.15) is 11.4 Å². The highest BCUT2D eigenvalue weighted by Gasteiger charge is 2.31. The summed E-state index contributed by atoms with van der Waals surface area (Å²) in [6, 6.07) is 10.6. The fourth-order valence-electron chi connectivity index (χ4n) is 2.25. The SMILES string of the molecule is O=C(NCc1ccccn1)c1ccc2cc(OC(F)(F)F)cc(Br)c2n1. The molecule has 2 heterocycles. The van der Waals surface area contributed by atoms with Crippen molar-refractivity contribution in [1.29, 1.82) is 0 Å². The number of hydrogen-bond donors (Lipinski definition) is 1. The van der Waals surface area contributed by atoms with Crippen LogP contribution in [0.2, 0.25) is 0 Å². The van der Waals surface area contributed by atoms with Crippen molar-refractivity contribution in [2.24, 2.45) is 0 Å². The molecule has 1 aromatic carbocycles. The summed E-state index contributed by atoms with van der Waals surface area (Å²) in [5.74, 6) is -0.786. The number of amides is 1. The van der Waals surface area contributed by atoms with Crippen molar-refractivity contribution in [2.75, 3.05) is 0 Å². The highest BCUT2D eigenvalue weighted by molar-refractivity contribution is 9.10. The average Bonchev–Trinajstić information content (AvgIpc) is 2.59. The molecular weight excluding hydrogens is 415 g/mol. The van der Waals surface area contributed by atoms with E-state index in [-0.39, 0.29) is 22.5 Å². The molecule has 5 nitrogen and oxygen atoms in total. The molecule has 0 spiro atoms. The minimum atomic E-state index is -4.79. The van der Waals surface area contributed by atoms with Crippen molar-refractivity contribution in [3.8, 4) is 5.75 Å². The Morgan fingerprint density at radius 2 is 2.00 bits per heavy atom. The van der Waals surface area contributed by atoms with Gasteiger partial charge in [-0.15, -0.1) is 13.2 Å². The predicted octanol–water partition coefficient (Wildman–Crippen LogP) is 4.22. The van der Waals surface area contributed by atoms with Crippen molar-refractivity contribution >= 4 is 32.7 Å². The van der Waals surface area contributed by atoms with Gasteiger partial charge < -0.3 is 10.1 Å². The summed E-state index contributed by atoms with van der Waals surface area (Å²) in [7, 11) is 0. The number of ether oxygens (including phenoxy) is 1. The van der Waals surface area contributed by atoms with Crippen LogP contribution < -0.4 is 10.1 Å². The van der Waals surface area contributed by atoms with Crippen LogP contribution in [-0.4, -0.2) is 22.2 Å². The molecule has 3 aromatic rings. The minimum absolute atomic E-state index is 0.138. The topological polar surface area (TPSA) is 64.1 Å². The van der Waals surface area contributed by atoms with Gasteiger partial charge in [-0.2, -0.15) is 0 Å². The summed E-state index contributed by atoms with van der Waals surface area (Å²) in [6.45, 7) is 0.235. The van der Waals surface area contributed by atoms with Crippen molar-refractivity contribution in [2.45, 2.75) is 12.9 Å². The number of pyridine rings is 2. The minimum Gasteiger partial charge on any atom is -0.406 e. The molecule has 26 heavy (non-hydrogen) atoms. The average molecular weight is 426 g/mol. The van der Waals surface area contributed by atoms with Gasteiger partial charge in [0.05, 0.1) is 17.8 Å². The Morgan fingerprint density at radius 1 is 1.19 bits per heavy atom. The lowest BCUT2D eigenvalue weighted by Gasteiger charge is -2.11. The Balaban J connectivity index is 1.81. The molecule has 0 aliphatic heterocycles. The van der Waals surface area contributed by atoms with E-state index in [1.807, 2.05) is 0 Å². The highest BCUT2D eigenvalue weighted by Crippen LogP contribution is 2.31. The lowest BCUT2D eigenvalue weighted by molar-refractivity contribution is -0.274. The van der Waals surface area contributed by atoms with Crippen molar-refractivity contribution in [3.05, 3.63) is 64.5 Å². The first-order chi connectivity index (χ1) is 12.3. The van der Waals surface area contributed by atoms with Crippen LogP contribution in [0.3, 0.4) is 0 Å².